The Labute approximate surface area is 149 Å². The van der Waals surface area contributed by atoms with Crippen LogP contribution in [-0.2, 0) is 0 Å². The maximum atomic E-state index is 12.7. The Morgan fingerprint density at radius 3 is 2.33 bits per heavy atom. The van der Waals surface area contributed by atoms with Crippen LogP contribution in [0.1, 0.15) is 15.9 Å². The zero-order valence-electron chi connectivity index (χ0n) is 11.2. The zero-order valence-corrected chi connectivity index (χ0v) is 15.7. The highest BCUT2D eigenvalue weighted by atomic mass is 127. The zero-order chi connectivity index (χ0) is 15.6. The minimum Gasteiger partial charge on any atom is -0.493 e. The predicted octanol–water partition coefficient (Wildman–Crippen LogP) is 4.96. The second kappa shape index (κ2) is 6.98. The molecule has 0 aliphatic carbocycles. The molecule has 0 saturated heterocycles. The number of methoxy groups -OCH3 is 2. The second-order valence-electron chi connectivity index (χ2n) is 4.14. The van der Waals surface area contributed by atoms with Crippen molar-refractivity contribution >= 4 is 55.9 Å². The van der Waals surface area contributed by atoms with Gasteiger partial charge in [0, 0.05) is 24.2 Å². The average molecular weight is 482 g/mol. The van der Waals surface area contributed by atoms with E-state index in [9.17, 15) is 4.79 Å². The van der Waals surface area contributed by atoms with Gasteiger partial charge in [0.25, 0.3) is 0 Å². The Kier molecular flexibility index (Phi) is 5.51. The standard InChI is InChI=1S/C15H11BrClIO3/c1-20-13-6-9(11(16)7-14(13)21-2)15(19)10-5-8(17)3-4-12(10)18/h3-7H,1-2H3. The quantitative estimate of drug-likeness (QED) is 0.458. The van der Waals surface area contributed by atoms with Gasteiger partial charge in [-0.3, -0.25) is 4.79 Å². The Morgan fingerprint density at radius 2 is 1.71 bits per heavy atom. The van der Waals surface area contributed by atoms with Crippen LogP contribution in [0.25, 0.3) is 0 Å². The van der Waals surface area contributed by atoms with Crippen LogP contribution in [0.15, 0.2) is 34.8 Å². The molecule has 0 atom stereocenters. The molecule has 0 aliphatic rings. The summed E-state index contributed by atoms with van der Waals surface area (Å²) >= 11 is 11.5. The molecule has 6 heteroatoms. The van der Waals surface area contributed by atoms with Crippen molar-refractivity contribution in [1.29, 1.82) is 0 Å². The van der Waals surface area contributed by atoms with Crippen molar-refractivity contribution in [1.82, 2.24) is 0 Å². The highest BCUT2D eigenvalue weighted by molar-refractivity contribution is 14.1. The van der Waals surface area contributed by atoms with E-state index in [-0.39, 0.29) is 5.78 Å². The number of carbonyl (C=O) groups excluding carboxylic acids is 1. The monoisotopic (exact) mass is 480 g/mol. The number of benzene rings is 2. The van der Waals surface area contributed by atoms with Crippen molar-refractivity contribution in [2.45, 2.75) is 0 Å². The number of ether oxygens (including phenoxy) is 2. The lowest BCUT2D eigenvalue weighted by Gasteiger charge is -2.12. The highest BCUT2D eigenvalue weighted by Crippen LogP contribution is 2.35. The molecule has 0 spiro atoms. The minimum absolute atomic E-state index is 0.130. The van der Waals surface area contributed by atoms with Gasteiger partial charge in [-0.05, 0) is 68.9 Å². The molecule has 0 saturated carbocycles. The molecule has 0 aliphatic heterocycles. The van der Waals surface area contributed by atoms with Crippen LogP contribution in [-0.4, -0.2) is 20.0 Å². The predicted molar refractivity (Wildman–Crippen MR) is 94.8 cm³/mol. The lowest BCUT2D eigenvalue weighted by molar-refractivity contribution is 0.103. The van der Waals surface area contributed by atoms with Crippen molar-refractivity contribution < 1.29 is 14.3 Å². The molecule has 2 rings (SSSR count). The van der Waals surface area contributed by atoms with Crippen LogP contribution in [0.2, 0.25) is 5.02 Å². The molecule has 21 heavy (non-hydrogen) atoms. The van der Waals surface area contributed by atoms with Gasteiger partial charge in [-0.2, -0.15) is 0 Å². The molecule has 2 aromatic rings. The third-order valence-electron chi connectivity index (χ3n) is 2.89. The Bertz CT molecular complexity index is 704. The maximum Gasteiger partial charge on any atom is 0.195 e. The van der Waals surface area contributed by atoms with E-state index in [1.165, 1.54) is 7.11 Å². The summed E-state index contributed by atoms with van der Waals surface area (Å²) in [6.45, 7) is 0. The third kappa shape index (κ3) is 3.52. The molecule has 0 N–H and O–H groups in total. The Balaban J connectivity index is 2.55. The molecule has 0 heterocycles. The van der Waals surface area contributed by atoms with E-state index in [1.54, 1.807) is 31.4 Å². The first-order chi connectivity index (χ1) is 9.97. The molecule has 0 radical (unpaired) electrons. The molecule has 2 aromatic carbocycles. The number of carbonyl (C=O) groups is 1. The number of hydrogen-bond acceptors (Lipinski definition) is 3. The summed E-state index contributed by atoms with van der Waals surface area (Å²) in [4.78, 5) is 12.7. The van der Waals surface area contributed by atoms with E-state index in [1.807, 2.05) is 6.07 Å². The number of rotatable bonds is 4. The van der Waals surface area contributed by atoms with Gasteiger partial charge in [-0.1, -0.05) is 11.6 Å². The van der Waals surface area contributed by atoms with E-state index < -0.39 is 0 Å². The second-order valence-corrected chi connectivity index (χ2v) is 6.59. The summed E-state index contributed by atoms with van der Waals surface area (Å²) in [6.07, 6.45) is 0. The van der Waals surface area contributed by atoms with E-state index in [0.717, 1.165) is 3.57 Å². The van der Waals surface area contributed by atoms with Crippen LogP contribution in [0.3, 0.4) is 0 Å². The summed E-state index contributed by atoms with van der Waals surface area (Å²) in [5.41, 5.74) is 1.05. The summed E-state index contributed by atoms with van der Waals surface area (Å²) in [5, 5.41) is 0.523. The summed E-state index contributed by atoms with van der Waals surface area (Å²) in [5.74, 6) is 0.928. The summed E-state index contributed by atoms with van der Waals surface area (Å²) < 4.78 is 11.9. The maximum absolute atomic E-state index is 12.7. The summed E-state index contributed by atoms with van der Waals surface area (Å²) in [6, 6.07) is 8.59. The van der Waals surface area contributed by atoms with Crippen LogP contribution in [0, 0.1) is 3.57 Å². The van der Waals surface area contributed by atoms with Gasteiger partial charge in [-0.15, -0.1) is 0 Å². The van der Waals surface area contributed by atoms with Gasteiger partial charge < -0.3 is 9.47 Å². The van der Waals surface area contributed by atoms with E-state index in [2.05, 4.69) is 38.5 Å². The summed E-state index contributed by atoms with van der Waals surface area (Å²) in [7, 11) is 3.08. The van der Waals surface area contributed by atoms with Crippen molar-refractivity contribution in [2.75, 3.05) is 14.2 Å². The first-order valence-electron chi connectivity index (χ1n) is 5.89. The van der Waals surface area contributed by atoms with Gasteiger partial charge in [0.2, 0.25) is 0 Å². The van der Waals surface area contributed by atoms with Gasteiger partial charge in [0.05, 0.1) is 14.2 Å². The van der Waals surface area contributed by atoms with Crippen molar-refractivity contribution in [3.05, 3.63) is 54.5 Å². The van der Waals surface area contributed by atoms with Crippen LogP contribution >= 0.6 is 50.1 Å². The van der Waals surface area contributed by atoms with Crippen molar-refractivity contribution in [2.24, 2.45) is 0 Å². The van der Waals surface area contributed by atoms with Crippen molar-refractivity contribution in [3.63, 3.8) is 0 Å². The molecule has 0 fully saturated rings. The van der Waals surface area contributed by atoms with Gasteiger partial charge in [-0.25, -0.2) is 0 Å². The smallest absolute Gasteiger partial charge is 0.195 e. The number of halogens is 3. The topological polar surface area (TPSA) is 35.5 Å². The van der Waals surface area contributed by atoms with Crippen molar-refractivity contribution in [3.8, 4) is 11.5 Å². The normalized spacial score (nSPS) is 10.3. The lowest BCUT2D eigenvalue weighted by atomic mass is 10.0. The van der Waals surface area contributed by atoms with Crippen LogP contribution < -0.4 is 9.47 Å². The van der Waals surface area contributed by atoms with Crippen LogP contribution in [0.5, 0.6) is 11.5 Å². The fourth-order valence-electron chi connectivity index (χ4n) is 1.84. The first-order valence-corrected chi connectivity index (χ1v) is 8.14. The largest absolute Gasteiger partial charge is 0.493 e. The van der Waals surface area contributed by atoms with Gasteiger partial charge >= 0.3 is 0 Å². The molecular formula is C15H11BrClIO3. The number of ketones is 1. The minimum atomic E-state index is -0.130. The lowest BCUT2D eigenvalue weighted by Crippen LogP contribution is -2.06. The molecule has 0 amide bonds. The van der Waals surface area contributed by atoms with Crippen LogP contribution in [0.4, 0.5) is 0 Å². The molecule has 3 nitrogen and oxygen atoms in total. The molecule has 110 valence electrons. The average Bonchev–Trinajstić information content (AvgIpc) is 2.48. The fourth-order valence-corrected chi connectivity index (χ4v) is 3.10. The van der Waals surface area contributed by atoms with E-state index in [4.69, 9.17) is 21.1 Å². The molecule has 0 unspecified atom stereocenters. The Hall–Kier alpha value is -0.790. The highest BCUT2D eigenvalue weighted by Gasteiger charge is 2.19. The molecule has 0 bridgehead atoms. The van der Waals surface area contributed by atoms with Gasteiger partial charge in [0.15, 0.2) is 17.3 Å². The number of hydrogen-bond donors (Lipinski definition) is 0. The van der Waals surface area contributed by atoms with Gasteiger partial charge in [0.1, 0.15) is 0 Å². The van der Waals surface area contributed by atoms with E-state index >= 15 is 0 Å². The SMILES string of the molecule is COc1cc(Br)c(C(=O)c2cc(Cl)ccc2I)cc1OC. The first kappa shape index (κ1) is 16.6. The molecule has 0 aromatic heterocycles. The van der Waals surface area contributed by atoms with E-state index in [0.29, 0.717) is 32.1 Å². The Morgan fingerprint density at radius 1 is 1.10 bits per heavy atom. The molecular weight excluding hydrogens is 470 g/mol. The fraction of sp³-hybridized carbons (Fsp3) is 0.133. The third-order valence-corrected chi connectivity index (χ3v) is 4.72.